The number of benzene rings is 1. The van der Waals surface area contributed by atoms with Crippen LogP contribution in [0.15, 0.2) is 42.5 Å². The Bertz CT molecular complexity index is 594. The molecule has 0 bridgehead atoms. The van der Waals surface area contributed by atoms with Gasteiger partial charge in [-0.25, -0.2) is 9.97 Å². The predicted molar refractivity (Wildman–Crippen MR) is 73.9 cm³/mol. The molecule has 2 heterocycles. The molecule has 5 N–H and O–H groups in total. The number of anilines is 2. The summed E-state index contributed by atoms with van der Waals surface area (Å²) in [6.45, 7) is 1.96. The molecule has 5 nitrogen and oxygen atoms in total. The van der Waals surface area contributed by atoms with Gasteiger partial charge < -0.3 is 16.5 Å². The monoisotopic (exact) mass is 241 g/mol. The Morgan fingerprint density at radius 2 is 1.56 bits per heavy atom. The third-order valence-electron chi connectivity index (χ3n) is 2.30. The zero-order valence-electron chi connectivity index (χ0n) is 10.1. The SMILES string of the molecule is Cc1nc2ccccc2[nH]1.Nc1cccc(N)n1. The molecule has 5 heteroatoms. The van der Waals surface area contributed by atoms with E-state index in [1.165, 1.54) is 0 Å². The number of hydrogen-bond acceptors (Lipinski definition) is 4. The summed E-state index contributed by atoms with van der Waals surface area (Å²) in [4.78, 5) is 11.1. The number of nitrogen functional groups attached to an aromatic ring is 2. The maximum atomic E-state index is 5.27. The molecule has 2 aromatic heterocycles. The lowest BCUT2D eigenvalue weighted by Gasteiger charge is -1.90. The van der Waals surface area contributed by atoms with Crippen LogP contribution in [0.3, 0.4) is 0 Å². The van der Waals surface area contributed by atoms with Crippen molar-refractivity contribution in [2.45, 2.75) is 6.92 Å². The molecule has 18 heavy (non-hydrogen) atoms. The van der Waals surface area contributed by atoms with E-state index in [2.05, 4.69) is 15.0 Å². The summed E-state index contributed by atoms with van der Waals surface area (Å²) in [5, 5.41) is 0. The van der Waals surface area contributed by atoms with Gasteiger partial charge in [0.05, 0.1) is 11.0 Å². The number of aryl methyl sites for hydroxylation is 1. The van der Waals surface area contributed by atoms with Gasteiger partial charge in [-0.3, -0.25) is 0 Å². The Kier molecular flexibility index (Phi) is 3.43. The molecule has 0 aliphatic heterocycles. The predicted octanol–water partition coefficient (Wildman–Crippen LogP) is 2.12. The molecule has 92 valence electrons. The molecular formula is C13H15N5. The van der Waals surface area contributed by atoms with Crippen LogP contribution in [0.5, 0.6) is 0 Å². The van der Waals surface area contributed by atoms with E-state index in [1.54, 1.807) is 18.2 Å². The number of hydrogen-bond donors (Lipinski definition) is 3. The van der Waals surface area contributed by atoms with E-state index in [0.29, 0.717) is 11.6 Å². The van der Waals surface area contributed by atoms with Crippen molar-refractivity contribution >= 4 is 22.7 Å². The fraction of sp³-hybridized carbons (Fsp3) is 0.0769. The molecule has 0 radical (unpaired) electrons. The van der Waals surface area contributed by atoms with Crippen molar-refractivity contribution < 1.29 is 0 Å². The van der Waals surface area contributed by atoms with Gasteiger partial charge >= 0.3 is 0 Å². The summed E-state index contributed by atoms with van der Waals surface area (Å²) in [5.74, 6) is 1.90. The zero-order chi connectivity index (χ0) is 13.0. The van der Waals surface area contributed by atoms with Crippen molar-refractivity contribution in [3.05, 3.63) is 48.3 Å². The van der Waals surface area contributed by atoms with Gasteiger partial charge in [-0.1, -0.05) is 18.2 Å². The molecule has 0 saturated carbocycles. The van der Waals surface area contributed by atoms with Crippen molar-refractivity contribution in [2.24, 2.45) is 0 Å². The number of imidazole rings is 1. The molecule has 0 aliphatic rings. The molecule has 3 rings (SSSR count). The molecule has 1 aromatic carbocycles. The first-order valence-corrected chi connectivity index (χ1v) is 5.54. The van der Waals surface area contributed by atoms with Crippen molar-refractivity contribution in [1.29, 1.82) is 0 Å². The summed E-state index contributed by atoms with van der Waals surface area (Å²) in [7, 11) is 0. The van der Waals surface area contributed by atoms with Crippen molar-refractivity contribution in [3.63, 3.8) is 0 Å². The molecule has 0 unspecified atom stereocenters. The van der Waals surface area contributed by atoms with E-state index in [0.717, 1.165) is 16.9 Å². The van der Waals surface area contributed by atoms with Crippen LogP contribution >= 0.6 is 0 Å². The zero-order valence-corrected chi connectivity index (χ0v) is 10.1. The van der Waals surface area contributed by atoms with E-state index in [-0.39, 0.29) is 0 Å². The van der Waals surface area contributed by atoms with Crippen LogP contribution in [0.2, 0.25) is 0 Å². The normalized spacial score (nSPS) is 9.83. The van der Waals surface area contributed by atoms with Crippen LogP contribution < -0.4 is 11.5 Å². The van der Waals surface area contributed by atoms with Gasteiger partial charge in [0.25, 0.3) is 0 Å². The third-order valence-corrected chi connectivity index (χ3v) is 2.30. The van der Waals surface area contributed by atoms with Gasteiger partial charge in [-0.2, -0.15) is 0 Å². The van der Waals surface area contributed by atoms with Gasteiger partial charge in [-0.15, -0.1) is 0 Å². The Labute approximate surface area is 105 Å². The fourth-order valence-electron chi connectivity index (χ4n) is 1.55. The minimum Gasteiger partial charge on any atom is -0.384 e. The van der Waals surface area contributed by atoms with Crippen LogP contribution in [0.25, 0.3) is 11.0 Å². The highest BCUT2D eigenvalue weighted by Gasteiger charge is 1.94. The highest BCUT2D eigenvalue weighted by molar-refractivity contribution is 5.74. The van der Waals surface area contributed by atoms with Gasteiger partial charge in [0, 0.05) is 0 Å². The molecule has 0 aliphatic carbocycles. The highest BCUT2D eigenvalue weighted by Crippen LogP contribution is 2.08. The summed E-state index contributed by atoms with van der Waals surface area (Å²) in [6, 6.07) is 13.2. The average molecular weight is 241 g/mol. The number of nitrogens with zero attached hydrogens (tertiary/aromatic N) is 2. The standard InChI is InChI=1S/C8H8N2.C5H7N3/c1-6-9-7-4-2-3-5-8(7)10-6;6-4-2-1-3-5(7)8-4/h2-5H,1H3,(H,9,10);1-3H,(H4,6,7,8). The molecule has 0 saturated heterocycles. The Morgan fingerprint density at radius 3 is 2.11 bits per heavy atom. The van der Waals surface area contributed by atoms with Crippen molar-refractivity contribution in [3.8, 4) is 0 Å². The second-order valence-corrected chi connectivity index (χ2v) is 3.83. The first kappa shape index (κ1) is 11.9. The van der Waals surface area contributed by atoms with E-state index in [1.807, 2.05) is 31.2 Å². The van der Waals surface area contributed by atoms with Gasteiger partial charge in [-0.05, 0) is 31.2 Å². The highest BCUT2D eigenvalue weighted by atomic mass is 14.9. The number of aromatic nitrogens is 3. The Morgan fingerprint density at radius 1 is 0.889 bits per heavy atom. The van der Waals surface area contributed by atoms with E-state index in [9.17, 15) is 0 Å². The number of para-hydroxylation sites is 2. The number of rotatable bonds is 0. The smallest absolute Gasteiger partial charge is 0.125 e. The lowest BCUT2D eigenvalue weighted by atomic mass is 10.3. The molecule has 0 fully saturated rings. The summed E-state index contributed by atoms with van der Waals surface area (Å²) >= 11 is 0. The van der Waals surface area contributed by atoms with Crippen LogP contribution in [-0.2, 0) is 0 Å². The van der Waals surface area contributed by atoms with Crippen LogP contribution in [0.1, 0.15) is 5.82 Å². The van der Waals surface area contributed by atoms with Crippen LogP contribution in [0, 0.1) is 6.92 Å². The summed E-state index contributed by atoms with van der Waals surface area (Å²) in [5.41, 5.74) is 12.7. The lowest BCUT2D eigenvalue weighted by molar-refractivity contribution is 1.17. The maximum Gasteiger partial charge on any atom is 0.125 e. The lowest BCUT2D eigenvalue weighted by Crippen LogP contribution is -1.93. The topological polar surface area (TPSA) is 93.6 Å². The van der Waals surface area contributed by atoms with E-state index < -0.39 is 0 Å². The average Bonchev–Trinajstić information content (AvgIpc) is 2.69. The van der Waals surface area contributed by atoms with E-state index >= 15 is 0 Å². The molecular weight excluding hydrogens is 226 g/mol. The fourth-order valence-corrected chi connectivity index (χ4v) is 1.55. The minimum absolute atomic E-state index is 0.463. The Hall–Kier alpha value is -2.56. The quantitative estimate of drug-likeness (QED) is 0.562. The second kappa shape index (κ2) is 5.18. The van der Waals surface area contributed by atoms with E-state index in [4.69, 9.17) is 11.5 Å². The first-order valence-electron chi connectivity index (χ1n) is 5.54. The minimum atomic E-state index is 0.463. The summed E-state index contributed by atoms with van der Waals surface area (Å²) < 4.78 is 0. The Balaban J connectivity index is 0.000000138. The van der Waals surface area contributed by atoms with Crippen molar-refractivity contribution in [2.75, 3.05) is 11.5 Å². The number of aromatic amines is 1. The second-order valence-electron chi connectivity index (χ2n) is 3.83. The largest absolute Gasteiger partial charge is 0.384 e. The number of pyridine rings is 1. The number of H-pyrrole nitrogens is 1. The van der Waals surface area contributed by atoms with Gasteiger partial charge in [0.2, 0.25) is 0 Å². The van der Waals surface area contributed by atoms with Crippen molar-refractivity contribution in [1.82, 2.24) is 15.0 Å². The summed E-state index contributed by atoms with van der Waals surface area (Å²) in [6.07, 6.45) is 0. The van der Waals surface area contributed by atoms with Gasteiger partial charge in [0.15, 0.2) is 0 Å². The van der Waals surface area contributed by atoms with Crippen LogP contribution in [-0.4, -0.2) is 15.0 Å². The third kappa shape index (κ3) is 2.98. The number of nitrogens with one attached hydrogen (secondary N) is 1. The van der Waals surface area contributed by atoms with Gasteiger partial charge in [0.1, 0.15) is 17.5 Å². The molecule has 0 spiro atoms. The maximum absolute atomic E-state index is 5.27. The first-order chi connectivity index (χ1) is 8.65. The number of nitrogens with two attached hydrogens (primary N) is 2. The van der Waals surface area contributed by atoms with Crippen LogP contribution in [0.4, 0.5) is 11.6 Å². The number of fused-ring (bicyclic) bond motifs is 1. The molecule has 0 atom stereocenters. The molecule has 0 amide bonds. The molecule has 3 aromatic rings.